The Morgan fingerprint density at radius 2 is 0.579 bits per heavy atom. The normalized spacial score (nSPS) is 10.0. The Labute approximate surface area is 139 Å². The van der Waals surface area contributed by atoms with Crippen molar-refractivity contribution in [1.29, 1.82) is 0 Å². The van der Waals surface area contributed by atoms with Gasteiger partial charge in [-0.05, 0) is 35.4 Å². The average molecular weight is 410 g/mol. The number of hydrogen-bond acceptors (Lipinski definition) is 2. The zero-order valence-corrected chi connectivity index (χ0v) is 18.6. The third-order valence-corrected chi connectivity index (χ3v) is 0. The first kappa shape index (κ1) is 32.6. The van der Waals surface area contributed by atoms with Crippen LogP contribution in [0.4, 0.5) is 0 Å². The second-order valence-corrected chi connectivity index (χ2v) is 9.48. The fourth-order valence-electron chi connectivity index (χ4n) is 0. The van der Waals surface area contributed by atoms with Gasteiger partial charge < -0.3 is 29.4 Å². The van der Waals surface area contributed by atoms with E-state index in [1.54, 1.807) is 0 Å². The standard InChI is InChI=1S/2C4H10.2H3O3PS.Zn/c2*1-4(2)3;2*1-4(2,3)5;/h2*4H,1-3H3;2*(H3,1,2,3,5);. The SMILES string of the molecule is CC(C)C.CC(C)C.OP(O)(O)=S.OP(O)(O)=S.[Zn]. The summed E-state index contributed by atoms with van der Waals surface area (Å²) < 4.78 is 0. The summed E-state index contributed by atoms with van der Waals surface area (Å²) >= 11 is 7.21. The Hall–Kier alpha value is 1.68. The van der Waals surface area contributed by atoms with Crippen molar-refractivity contribution in [2.75, 3.05) is 0 Å². The van der Waals surface area contributed by atoms with Gasteiger partial charge >= 0.3 is 13.4 Å². The van der Waals surface area contributed by atoms with Gasteiger partial charge in [-0.15, -0.1) is 0 Å². The van der Waals surface area contributed by atoms with Crippen LogP contribution in [0.3, 0.4) is 0 Å². The summed E-state index contributed by atoms with van der Waals surface area (Å²) in [5.74, 6) is 1.67. The summed E-state index contributed by atoms with van der Waals surface area (Å²) in [4.78, 5) is 45.3. The summed E-state index contributed by atoms with van der Waals surface area (Å²) in [6.07, 6.45) is 0. The zero-order chi connectivity index (χ0) is 16.2. The fraction of sp³-hybridized carbons (Fsp3) is 1.00. The number of rotatable bonds is 0. The predicted molar refractivity (Wildman–Crippen MR) is 82.9 cm³/mol. The van der Waals surface area contributed by atoms with Gasteiger partial charge in [0, 0.05) is 19.5 Å². The van der Waals surface area contributed by atoms with Gasteiger partial charge in [0.25, 0.3) is 0 Å². The van der Waals surface area contributed by atoms with Gasteiger partial charge in [0.1, 0.15) is 0 Å². The van der Waals surface area contributed by atoms with Gasteiger partial charge in [-0.2, -0.15) is 0 Å². The van der Waals surface area contributed by atoms with Crippen molar-refractivity contribution >= 4 is 37.1 Å². The smallest absolute Gasteiger partial charge is 0.319 e. The first-order chi connectivity index (χ1) is 7.46. The molecular formula is C8H26O6P2S2Zn. The molecule has 0 radical (unpaired) electrons. The van der Waals surface area contributed by atoms with Crippen LogP contribution >= 0.6 is 13.4 Å². The molecule has 0 aliphatic rings. The molecule has 0 spiro atoms. The maximum atomic E-state index is 7.56. The number of hydrogen-bond donors (Lipinski definition) is 6. The average Bonchev–Trinajstić information content (AvgIpc) is 1.70. The van der Waals surface area contributed by atoms with Crippen LogP contribution in [0.25, 0.3) is 0 Å². The second-order valence-electron chi connectivity index (χ2n) is 4.49. The molecule has 0 aliphatic heterocycles. The van der Waals surface area contributed by atoms with Gasteiger partial charge in [-0.25, -0.2) is 0 Å². The molecule has 0 saturated carbocycles. The zero-order valence-electron chi connectivity index (χ0n) is 12.3. The van der Waals surface area contributed by atoms with Crippen molar-refractivity contribution in [3.63, 3.8) is 0 Å². The molecule has 0 amide bonds. The van der Waals surface area contributed by atoms with Crippen molar-refractivity contribution in [1.82, 2.24) is 0 Å². The quantitative estimate of drug-likeness (QED) is 0.264. The van der Waals surface area contributed by atoms with E-state index in [9.17, 15) is 0 Å². The molecule has 0 fully saturated rings. The topological polar surface area (TPSA) is 121 Å². The predicted octanol–water partition coefficient (Wildman–Crippen LogP) is 1.70. The molecule has 0 aliphatic carbocycles. The Morgan fingerprint density at radius 3 is 0.579 bits per heavy atom. The summed E-state index contributed by atoms with van der Waals surface area (Å²) in [6.45, 7) is 5.39. The molecule has 0 heterocycles. The van der Waals surface area contributed by atoms with E-state index in [0.29, 0.717) is 0 Å². The minimum Gasteiger partial charge on any atom is -0.325 e. The van der Waals surface area contributed by atoms with Crippen LogP contribution in [0, 0.1) is 11.8 Å². The van der Waals surface area contributed by atoms with Gasteiger partial charge in [0.2, 0.25) is 0 Å². The third-order valence-electron chi connectivity index (χ3n) is 0. The van der Waals surface area contributed by atoms with Crippen molar-refractivity contribution < 1.29 is 48.8 Å². The van der Waals surface area contributed by atoms with Crippen molar-refractivity contribution in [2.24, 2.45) is 11.8 Å². The Bertz CT molecular complexity index is 206. The Balaban J connectivity index is -0.0000000453. The molecule has 19 heavy (non-hydrogen) atoms. The molecule has 0 rings (SSSR count). The second kappa shape index (κ2) is 17.7. The van der Waals surface area contributed by atoms with Crippen LogP contribution in [0.2, 0.25) is 0 Å². The summed E-state index contributed by atoms with van der Waals surface area (Å²) in [7, 11) is 0. The van der Waals surface area contributed by atoms with Gasteiger partial charge in [-0.1, -0.05) is 41.5 Å². The van der Waals surface area contributed by atoms with E-state index < -0.39 is 13.4 Å². The van der Waals surface area contributed by atoms with E-state index in [2.05, 4.69) is 65.2 Å². The van der Waals surface area contributed by atoms with Crippen molar-refractivity contribution in [3.05, 3.63) is 0 Å². The fourth-order valence-corrected chi connectivity index (χ4v) is 0. The third kappa shape index (κ3) is 2170. The first-order valence-corrected chi connectivity index (χ1v) is 10.4. The monoisotopic (exact) mass is 408 g/mol. The molecule has 0 bridgehead atoms. The molecular weight excluding hydrogens is 384 g/mol. The van der Waals surface area contributed by atoms with E-state index in [1.165, 1.54) is 0 Å². The van der Waals surface area contributed by atoms with Crippen LogP contribution in [0.5, 0.6) is 0 Å². The van der Waals surface area contributed by atoms with E-state index in [1.807, 2.05) is 0 Å². The van der Waals surface area contributed by atoms with Gasteiger partial charge in [0.05, 0.1) is 0 Å². The maximum absolute atomic E-state index is 7.56. The van der Waals surface area contributed by atoms with Gasteiger partial charge in [0.15, 0.2) is 0 Å². The maximum Gasteiger partial charge on any atom is 0.319 e. The molecule has 6 N–H and O–H groups in total. The molecule has 0 aromatic rings. The van der Waals surface area contributed by atoms with E-state index in [4.69, 9.17) is 29.4 Å². The first-order valence-electron chi connectivity index (χ1n) is 5.03. The molecule has 118 valence electrons. The summed E-state index contributed by atoms with van der Waals surface area (Å²) in [5.41, 5.74) is 0. The summed E-state index contributed by atoms with van der Waals surface area (Å²) in [6, 6.07) is 0. The molecule has 0 aromatic carbocycles. The molecule has 11 heteroatoms. The molecule has 0 unspecified atom stereocenters. The van der Waals surface area contributed by atoms with E-state index >= 15 is 0 Å². The van der Waals surface area contributed by atoms with E-state index in [-0.39, 0.29) is 19.5 Å². The van der Waals surface area contributed by atoms with Crippen LogP contribution < -0.4 is 0 Å². The van der Waals surface area contributed by atoms with Gasteiger partial charge in [-0.3, -0.25) is 0 Å². The van der Waals surface area contributed by atoms with Crippen LogP contribution in [0.15, 0.2) is 0 Å². The van der Waals surface area contributed by atoms with Crippen molar-refractivity contribution in [3.8, 4) is 0 Å². The minimum absolute atomic E-state index is 0. The largest absolute Gasteiger partial charge is 0.325 e. The molecule has 0 aromatic heterocycles. The van der Waals surface area contributed by atoms with E-state index in [0.717, 1.165) is 11.8 Å². The molecule has 6 nitrogen and oxygen atoms in total. The van der Waals surface area contributed by atoms with Crippen molar-refractivity contribution in [2.45, 2.75) is 41.5 Å². The Morgan fingerprint density at radius 1 is 0.579 bits per heavy atom. The Kier molecular flexibility index (Phi) is 30.4. The van der Waals surface area contributed by atoms with Crippen LogP contribution in [-0.2, 0) is 43.1 Å². The summed E-state index contributed by atoms with van der Waals surface area (Å²) in [5, 5.41) is 0. The molecule has 0 saturated heterocycles. The minimum atomic E-state index is -3.81. The van der Waals surface area contributed by atoms with Crippen LogP contribution in [0.1, 0.15) is 41.5 Å². The van der Waals surface area contributed by atoms with Crippen LogP contribution in [-0.4, -0.2) is 29.4 Å². The molecule has 0 atom stereocenters.